The lowest BCUT2D eigenvalue weighted by Gasteiger charge is -2.49. The van der Waals surface area contributed by atoms with Crippen molar-refractivity contribution in [3.8, 4) is 5.75 Å². The van der Waals surface area contributed by atoms with Crippen LogP contribution in [0, 0.1) is 0 Å². The number of hydrogen-bond donors (Lipinski definition) is 3. The Balaban J connectivity index is 1.35. The van der Waals surface area contributed by atoms with E-state index >= 15 is 0 Å². The molecule has 0 spiro atoms. The van der Waals surface area contributed by atoms with E-state index in [-0.39, 0.29) is 23.8 Å². The van der Waals surface area contributed by atoms with E-state index in [9.17, 15) is 24.3 Å². The number of thioether (sulfide) groups is 2. The van der Waals surface area contributed by atoms with Crippen molar-refractivity contribution < 1.29 is 29.0 Å². The average Bonchev–Trinajstić information content (AvgIpc) is 2.85. The number of carboxylic acid groups (broad SMARTS) is 1. The molecule has 0 saturated carbocycles. The van der Waals surface area contributed by atoms with E-state index < -0.39 is 34.4 Å². The summed E-state index contributed by atoms with van der Waals surface area (Å²) in [4.78, 5) is 50.5. The van der Waals surface area contributed by atoms with E-state index in [4.69, 9.17) is 16.3 Å². The van der Waals surface area contributed by atoms with Crippen LogP contribution < -0.4 is 15.4 Å². The first kappa shape index (κ1) is 25.0. The van der Waals surface area contributed by atoms with Crippen molar-refractivity contribution in [1.29, 1.82) is 0 Å². The highest BCUT2D eigenvalue weighted by Crippen LogP contribution is 2.39. The summed E-state index contributed by atoms with van der Waals surface area (Å²) in [7, 11) is 0. The third-order valence-corrected chi connectivity index (χ3v) is 7.58. The van der Waals surface area contributed by atoms with E-state index in [1.54, 1.807) is 24.3 Å². The first-order valence-corrected chi connectivity index (χ1v) is 12.8. The molecule has 3 amide bonds. The molecule has 35 heavy (non-hydrogen) atoms. The normalized spacial score (nSPS) is 18.9. The number of benzene rings is 2. The molecule has 0 aliphatic carbocycles. The number of rotatable bonds is 8. The van der Waals surface area contributed by atoms with E-state index in [1.165, 1.54) is 11.8 Å². The lowest BCUT2D eigenvalue weighted by molar-refractivity contribution is -0.151. The smallest absolute Gasteiger partial charge is 0.354 e. The van der Waals surface area contributed by atoms with Crippen molar-refractivity contribution in [3.05, 3.63) is 76.6 Å². The Morgan fingerprint density at radius 1 is 1.14 bits per heavy atom. The predicted molar refractivity (Wildman–Crippen MR) is 133 cm³/mol. The second kappa shape index (κ2) is 11.1. The van der Waals surface area contributed by atoms with Gasteiger partial charge in [0.1, 0.15) is 17.2 Å². The van der Waals surface area contributed by atoms with Gasteiger partial charge in [-0.3, -0.25) is 19.3 Å². The van der Waals surface area contributed by atoms with Gasteiger partial charge in [0.15, 0.2) is 12.3 Å². The zero-order valence-corrected chi connectivity index (χ0v) is 20.5. The van der Waals surface area contributed by atoms with E-state index in [2.05, 4.69) is 10.6 Å². The molecule has 2 aliphatic rings. The zero-order chi connectivity index (χ0) is 24.9. The standard InChI is InChI=1S/C23H20ClN3O6S2/c24-14-8-4-5-9-16(14)33-10-17(28)26-18-20(29)27-19(22(30)31)15(12-34-21(18)27)25-23(32)35-11-13-6-2-1-3-7-13/h1-9,18,21H,10-12H2,(H,25,32)(H,26,28)(H,30,31)/t18?,21-/m1/s1. The van der Waals surface area contributed by atoms with Crippen molar-refractivity contribution in [3.63, 3.8) is 0 Å². The van der Waals surface area contributed by atoms with Crippen molar-refractivity contribution in [2.45, 2.75) is 17.2 Å². The van der Waals surface area contributed by atoms with Gasteiger partial charge in [-0.25, -0.2) is 4.79 Å². The number of aliphatic carboxylic acids is 1. The summed E-state index contributed by atoms with van der Waals surface area (Å²) >= 11 is 8.25. The number of amides is 3. The molecular weight excluding hydrogens is 514 g/mol. The molecule has 0 bridgehead atoms. The summed E-state index contributed by atoms with van der Waals surface area (Å²) in [5, 5.41) is 14.3. The number of carboxylic acids is 1. The Morgan fingerprint density at radius 3 is 2.57 bits per heavy atom. The fraction of sp³-hybridized carbons (Fsp3) is 0.217. The largest absolute Gasteiger partial charge is 0.482 e. The molecule has 12 heteroatoms. The van der Waals surface area contributed by atoms with Crippen molar-refractivity contribution >= 4 is 58.1 Å². The molecule has 4 rings (SSSR count). The number of para-hydroxylation sites is 1. The summed E-state index contributed by atoms with van der Waals surface area (Å²) < 4.78 is 5.39. The predicted octanol–water partition coefficient (Wildman–Crippen LogP) is 3.06. The SMILES string of the molecule is O=C(COc1ccccc1Cl)NC1C(=O)N2C(C(=O)O)=C(NC(=O)SCc3ccccc3)CS[C@H]12. The van der Waals surface area contributed by atoms with Crippen LogP contribution in [0.3, 0.4) is 0 Å². The molecule has 2 aliphatic heterocycles. The highest BCUT2D eigenvalue weighted by Gasteiger charge is 2.54. The summed E-state index contributed by atoms with van der Waals surface area (Å²) in [5.41, 5.74) is 0.808. The topological polar surface area (TPSA) is 125 Å². The van der Waals surface area contributed by atoms with Crippen molar-refractivity contribution in [2.24, 2.45) is 0 Å². The van der Waals surface area contributed by atoms with Gasteiger partial charge in [-0.2, -0.15) is 0 Å². The maximum atomic E-state index is 12.7. The number of ether oxygens (including phenoxy) is 1. The van der Waals surface area contributed by atoms with Gasteiger partial charge < -0.3 is 20.5 Å². The molecule has 2 heterocycles. The Morgan fingerprint density at radius 2 is 1.86 bits per heavy atom. The van der Waals surface area contributed by atoms with E-state index in [1.807, 2.05) is 30.3 Å². The third kappa shape index (κ3) is 5.75. The molecule has 1 unspecified atom stereocenters. The molecule has 182 valence electrons. The minimum atomic E-state index is -1.33. The number of nitrogens with zero attached hydrogens (tertiary/aromatic N) is 1. The number of carbonyl (C=O) groups is 4. The fourth-order valence-electron chi connectivity index (χ4n) is 3.52. The van der Waals surface area contributed by atoms with Crippen LogP contribution in [-0.2, 0) is 20.1 Å². The second-order valence-electron chi connectivity index (χ2n) is 7.49. The monoisotopic (exact) mass is 533 g/mol. The number of fused-ring (bicyclic) bond motifs is 1. The molecule has 1 saturated heterocycles. The van der Waals surface area contributed by atoms with Gasteiger partial charge in [-0.05, 0) is 17.7 Å². The highest BCUT2D eigenvalue weighted by molar-refractivity contribution is 8.12. The minimum absolute atomic E-state index is 0.143. The molecular formula is C23H20ClN3O6S2. The number of hydrogen-bond acceptors (Lipinski definition) is 7. The number of nitrogens with one attached hydrogen (secondary N) is 2. The van der Waals surface area contributed by atoms with E-state index in [0.29, 0.717) is 16.5 Å². The van der Waals surface area contributed by atoms with Crippen molar-refractivity contribution in [2.75, 3.05) is 12.4 Å². The Hall–Kier alpha value is -3.15. The van der Waals surface area contributed by atoms with Gasteiger partial charge >= 0.3 is 5.97 Å². The second-order valence-corrected chi connectivity index (χ2v) is 9.95. The van der Waals surface area contributed by atoms with Crippen LogP contribution in [-0.4, -0.2) is 56.8 Å². The van der Waals surface area contributed by atoms with Gasteiger partial charge in [-0.1, -0.05) is 65.8 Å². The van der Waals surface area contributed by atoms with Gasteiger partial charge in [0.05, 0.1) is 10.7 Å². The maximum Gasteiger partial charge on any atom is 0.354 e. The van der Waals surface area contributed by atoms with Crippen LogP contribution in [0.1, 0.15) is 5.56 Å². The molecule has 9 nitrogen and oxygen atoms in total. The van der Waals surface area contributed by atoms with Gasteiger partial charge in [-0.15, -0.1) is 11.8 Å². The van der Waals surface area contributed by atoms with Crippen LogP contribution in [0.5, 0.6) is 5.75 Å². The quantitative estimate of drug-likeness (QED) is 0.442. The van der Waals surface area contributed by atoms with E-state index in [0.717, 1.165) is 22.2 Å². The molecule has 2 aromatic carbocycles. The lowest BCUT2D eigenvalue weighted by Crippen LogP contribution is -2.71. The first-order valence-electron chi connectivity index (χ1n) is 10.4. The molecule has 3 N–H and O–H groups in total. The highest BCUT2D eigenvalue weighted by atomic mass is 35.5. The van der Waals surface area contributed by atoms with Crippen LogP contribution in [0.4, 0.5) is 4.79 Å². The van der Waals surface area contributed by atoms with Gasteiger partial charge in [0.2, 0.25) is 0 Å². The summed E-state index contributed by atoms with van der Waals surface area (Å²) in [5.74, 6) is -1.53. The Kier molecular flexibility index (Phi) is 7.89. The maximum absolute atomic E-state index is 12.7. The minimum Gasteiger partial charge on any atom is -0.482 e. The van der Waals surface area contributed by atoms with Gasteiger partial charge in [0.25, 0.3) is 17.1 Å². The summed E-state index contributed by atoms with van der Waals surface area (Å²) in [6, 6.07) is 15.1. The van der Waals surface area contributed by atoms with Gasteiger partial charge in [0, 0.05) is 11.5 Å². The molecule has 2 aromatic rings. The summed E-state index contributed by atoms with van der Waals surface area (Å²) in [6.45, 7) is -0.355. The number of halogens is 1. The average molecular weight is 534 g/mol. The molecule has 1 fully saturated rings. The van der Waals surface area contributed by atoms with Crippen LogP contribution in [0.25, 0.3) is 0 Å². The lowest BCUT2D eigenvalue weighted by atomic mass is 10.0. The third-order valence-electron chi connectivity index (χ3n) is 5.15. The molecule has 0 radical (unpaired) electrons. The van der Waals surface area contributed by atoms with Crippen LogP contribution in [0.2, 0.25) is 5.02 Å². The number of β-lactam (4-membered cyclic amide) rings is 1. The summed E-state index contributed by atoms with van der Waals surface area (Å²) in [6.07, 6.45) is 0. The van der Waals surface area contributed by atoms with Crippen molar-refractivity contribution in [1.82, 2.24) is 15.5 Å². The Labute approximate surface area is 214 Å². The first-order chi connectivity index (χ1) is 16.8. The Bertz CT molecular complexity index is 1190. The van der Waals surface area contributed by atoms with Crippen LogP contribution >= 0.6 is 35.1 Å². The van der Waals surface area contributed by atoms with Crippen LogP contribution in [0.15, 0.2) is 66.0 Å². The molecule has 0 aromatic heterocycles. The molecule has 2 atom stereocenters. The number of carbonyl (C=O) groups excluding carboxylic acids is 3. The zero-order valence-electron chi connectivity index (χ0n) is 18.1. The fourth-order valence-corrected chi connectivity index (χ4v) is 5.68.